The minimum absolute atomic E-state index is 0.377. The van der Waals surface area contributed by atoms with Crippen molar-refractivity contribution in [1.82, 2.24) is 0 Å². The summed E-state index contributed by atoms with van der Waals surface area (Å²) in [6, 6.07) is 6.92. The Hall–Kier alpha value is -1.35. The number of rotatable bonds is 1. The molecule has 72 valence electrons. The first-order valence-corrected chi connectivity index (χ1v) is 3.82. The number of aromatic carboxylic acids is 1. The van der Waals surface area contributed by atoms with Crippen molar-refractivity contribution < 1.29 is 14.6 Å². The van der Waals surface area contributed by atoms with E-state index >= 15 is 0 Å². The molecule has 3 heteroatoms. The van der Waals surface area contributed by atoms with E-state index in [1.165, 1.54) is 0 Å². The third kappa shape index (κ3) is 4.28. The fraction of sp³-hybridized carbons (Fsp3) is 0.300. The lowest BCUT2D eigenvalue weighted by Crippen LogP contribution is -1.97. The third-order valence-corrected chi connectivity index (χ3v) is 1.38. The summed E-state index contributed by atoms with van der Waals surface area (Å²) in [5.74, 6) is -0.863. The Morgan fingerprint density at radius 3 is 2.08 bits per heavy atom. The van der Waals surface area contributed by atoms with Gasteiger partial charge in [0.25, 0.3) is 0 Å². The second-order valence-electron chi connectivity index (χ2n) is 2.53. The lowest BCUT2D eigenvalue weighted by molar-refractivity contribution is 0.0696. The highest BCUT2D eigenvalue weighted by atomic mass is 16.4. The number of carboxylic acids is 1. The highest BCUT2D eigenvalue weighted by molar-refractivity contribution is 5.89. The van der Waals surface area contributed by atoms with Crippen LogP contribution in [-0.2, 0) is 4.74 Å². The second kappa shape index (κ2) is 6.20. The SMILES string of the molecule is COC.Cc1ccccc1C(=O)O. The van der Waals surface area contributed by atoms with Crippen molar-refractivity contribution in [3.05, 3.63) is 35.4 Å². The summed E-state index contributed by atoms with van der Waals surface area (Å²) in [5, 5.41) is 8.57. The number of hydrogen-bond donors (Lipinski definition) is 1. The van der Waals surface area contributed by atoms with Crippen LogP contribution in [0.2, 0.25) is 0 Å². The zero-order chi connectivity index (χ0) is 10.3. The molecule has 0 aliphatic carbocycles. The maximum absolute atomic E-state index is 10.4. The van der Waals surface area contributed by atoms with Gasteiger partial charge in [0, 0.05) is 14.2 Å². The Morgan fingerprint density at radius 1 is 1.31 bits per heavy atom. The second-order valence-corrected chi connectivity index (χ2v) is 2.53. The van der Waals surface area contributed by atoms with Gasteiger partial charge in [-0.15, -0.1) is 0 Å². The summed E-state index contributed by atoms with van der Waals surface area (Å²) in [6.07, 6.45) is 0. The third-order valence-electron chi connectivity index (χ3n) is 1.38. The zero-order valence-corrected chi connectivity index (χ0v) is 8.07. The van der Waals surface area contributed by atoms with Gasteiger partial charge in [0.05, 0.1) is 5.56 Å². The first-order valence-electron chi connectivity index (χ1n) is 3.82. The van der Waals surface area contributed by atoms with E-state index in [0.717, 1.165) is 5.56 Å². The largest absolute Gasteiger partial charge is 0.478 e. The highest BCUT2D eigenvalue weighted by Crippen LogP contribution is 2.05. The van der Waals surface area contributed by atoms with Gasteiger partial charge in [0.2, 0.25) is 0 Å². The zero-order valence-electron chi connectivity index (χ0n) is 8.07. The Morgan fingerprint density at radius 2 is 1.77 bits per heavy atom. The van der Waals surface area contributed by atoms with Crippen molar-refractivity contribution in [1.29, 1.82) is 0 Å². The van der Waals surface area contributed by atoms with Gasteiger partial charge in [0.15, 0.2) is 0 Å². The lowest BCUT2D eigenvalue weighted by atomic mass is 10.1. The minimum atomic E-state index is -0.863. The first kappa shape index (κ1) is 11.6. The summed E-state index contributed by atoms with van der Waals surface area (Å²) in [4.78, 5) is 10.4. The lowest BCUT2D eigenvalue weighted by Gasteiger charge is -1.96. The van der Waals surface area contributed by atoms with E-state index in [4.69, 9.17) is 5.11 Å². The molecule has 0 amide bonds. The van der Waals surface area contributed by atoms with Gasteiger partial charge in [0.1, 0.15) is 0 Å². The summed E-state index contributed by atoms with van der Waals surface area (Å²) >= 11 is 0. The molecule has 1 rings (SSSR count). The number of ether oxygens (including phenoxy) is 1. The van der Waals surface area contributed by atoms with Crippen LogP contribution in [0.15, 0.2) is 24.3 Å². The maximum atomic E-state index is 10.4. The minimum Gasteiger partial charge on any atom is -0.478 e. The van der Waals surface area contributed by atoms with E-state index in [2.05, 4.69) is 4.74 Å². The molecule has 0 aliphatic rings. The van der Waals surface area contributed by atoms with Gasteiger partial charge in [-0.3, -0.25) is 0 Å². The monoisotopic (exact) mass is 182 g/mol. The van der Waals surface area contributed by atoms with Crippen molar-refractivity contribution in [3.8, 4) is 0 Å². The van der Waals surface area contributed by atoms with Gasteiger partial charge in [-0.25, -0.2) is 4.79 Å². The average molecular weight is 182 g/mol. The number of aryl methyl sites for hydroxylation is 1. The van der Waals surface area contributed by atoms with Gasteiger partial charge < -0.3 is 9.84 Å². The molecule has 3 nitrogen and oxygen atoms in total. The molecule has 0 radical (unpaired) electrons. The molecule has 1 aromatic rings. The van der Waals surface area contributed by atoms with E-state index < -0.39 is 5.97 Å². The summed E-state index contributed by atoms with van der Waals surface area (Å²) in [6.45, 7) is 1.78. The topological polar surface area (TPSA) is 46.5 Å². The molecule has 0 bridgehead atoms. The van der Waals surface area contributed by atoms with E-state index in [-0.39, 0.29) is 0 Å². The molecule has 0 saturated carbocycles. The molecule has 1 aromatic carbocycles. The molecule has 0 heterocycles. The van der Waals surface area contributed by atoms with E-state index in [0.29, 0.717) is 5.56 Å². The van der Waals surface area contributed by atoms with Gasteiger partial charge in [-0.2, -0.15) is 0 Å². The van der Waals surface area contributed by atoms with Gasteiger partial charge >= 0.3 is 5.97 Å². The highest BCUT2D eigenvalue weighted by Gasteiger charge is 2.02. The van der Waals surface area contributed by atoms with Crippen LogP contribution in [0.5, 0.6) is 0 Å². The van der Waals surface area contributed by atoms with Crippen LogP contribution in [0.25, 0.3) is 0 Å². The number of carbonyl (C=O) groups is 1. The van der Waals surface area contributed by atoms with Crippen LogP contribution in [-0.4, -0.2) is 25.3 Å². The molecule has 0 saturated heterocycles. The van der Waals surface area contributed by atoms with Crippen molar-refractivity contribution in [2.75, 3.05) is 14.2 Å². The summed E-state index contributed by atoms with van der Waals surface area (Å²) in [7, 11) is 3.25. The molecule has 0 atom stereocenters. The van der Waals surface area contributed by atoms with E-state index in [1.807, 2.05) is 6.07 Å². The van der Waals surface area contributed by atoms with Crippen LogP contribution in [0.4, 0.5) is 0 Å². The quantitative estimate of drug-likeness (QED) is 0.722. The molecule has 0 aromatic heterocycles. The predicted molar refractivity (Wildman–Crippen MR) is 51.1 cm³/mol. The molecular formula is C10H14O3. The van der Waals surface area contributed by atoms with E-state index in [1.54, 1.807) is 39.3 Å². The normalized spacial score (nSPS) is 8.54. The molecule has 13 heavy (non-hydrogen) atoms. The van der Waals surface area contributed by atoms with Crippen molar-refractivity contribution in [2.24, 2.45) is 0 Å². The smallest absolute Gasteiger partial charge is 0.335 e. The van der Waals surface area contributed by atoms with Gasteiger partial charge in [-0.1, -0.05) is 18.2 Å². The molecule has 0 unspecified atom stereocenters. The van der Waals surface area contributed by atoms with E-state index in [9.17, 15) is 4.79 Å². The van der Waals surface area contributed by atoms with Gasteiger partial charge in [-0.05, 0) is 18.6 Å². The number of carboxylic acid groups (broad SMARTS) is 1. The average Bonchev–Trinajstić information content (AvgIpc) is 2.06. The van der Waals surface area contributed by atoms with Crippen LogP contribution >= 0.6 is 0 Å². The molecular weight excluding hydrogens is 168 g/mol. The Balaban J connectivity index is 0.000000424. The fourth-order valence-electron chi connectivity index (χ4n) is 0.813. The summed E-state index contributed by atoms with van der Waals surface area (Å²) < 4.78 is 4.25. The Kier molecular flexibility index (Phi) is 5.55. The summed E-state index contributed by atoms with van der Waals surface area (Å²) in [5.41, 5.74) is 1.18. The molecule has 0 aliphatic heterocycles. The van der Waals surface area contributed by atoms with Crippen LogP contribution < -0.4 is 0 Å². The standard InChI is InChI=1S/C8H8O2.C2H6O/c1-6-4-2-3-5-7(6)8(9)10;1-3-2/h2-5H,1H3,(H,9,10);1-2H3. The Labute approximate surface area is 78.0 Å². The molecule has 0 fully saturated rings. The molecule has 0 spiro atoms. The number of benzene rings is 1. The number of hydrogen-bond acceptors (Lipinski definition) is 2. The van der Waals surface area contributed by atoms with Crippen LogP contribution in [0.3, 0.4) is 0 Å². The fourth-order valence-corrected chi connectivity index (χ4v) is 0.813. The first-order chi connectivity index (χ1) is 6.13. The maximum Gasteiger partial charge on any atom is 0.335 e. The van der Waals surface area contributed by atoms with Crippen LogP contribution in [0.1, 0.15) is 15.9 Å². The van der Waals surface area contributed by atoms with Crippen molar-refractivity contribution in [2.45, 2.75) is 6.92 Å². The van der Waals surface area contributed by atoms with Crippen LogP contribution in [0, 0.1) is 6.92 Å². The Bertz CT molecular complexity index is 269. The molecule has 1 N–H and O–H groups in total. The number of methoxy groups -OCH3 is 1. The predicted octanol–water partition coefficient (Wildman–Crippen LogP) is 1.96. The van der Waals surface area contributed by atoms with Crippen molar-refractivity contribution in [3.63, 3.8) is 0 Å². The van der Waals surface area contributed by atoms with Crippen molar-refractivity contribution >= 4 is 5.97 Å².